The Morgan fingerprint density at radius 3 is 2.55 bits per heavy atom. The highest BCUT2D eigenvalue weighted by Crippen LogP contribution is 2.32. The first-order chi connectivity index (χ1) is 9.51. The number of hydrogen-bond acceptors (Lipinski definition) is 3. The average molecular weight is 291 g/mol. The maximum Gasteiger partial charge on any atom is 0.170 e. The first-order valence-corrected chi connectivity index (χ1v) is 6.41. The van der Waals surface area contributed by atoms with Crippen LogP contribution in [0.1, 0.15) is 16.7 Å². The van der Waals surface area contributed by atoms with Crippen LogP contribution in [0.4, 0.5) is 0 Å². The molecule has 0 bridgehead atoms. The van der Waals surface area contributed by atoms with Gasteiger partial charge in [0.05, 0.1) is 5.02 Å². The lowest BCUT2D eigenvalue weighted by Gasteiger charge is -2.11. The van der Waals surface area contributed by atoms with Crippen LogP contribution in [0, 0.1) is 13.8 Å². The van der Waals surface area contributed by atoms with Gasteiger partial charge in [-0.25, -0.2) is 0 Å². The zero-order valence-electron chi connectivity index (χ0n) is 11.2. The predicted molar refractivity (Wildman–Crippen MR) is 80.0 cm³/mol. The van der Waals surface area contributed by atoms with Crippen molar-refractivity contribution in [2.24, 2.45) is 10.9 Å². The van der Waals surface area contributed by atoms with Gasteiger partial charge in [0.2, 0.25) is 0 Å². The minimum atomic E-state index is 0.00480. The summed E-state index contributed by atoms with van der Waals surface area (Å²) in [4.78, 5) is 0. The molecular formula is C15H15ClN2O2. The fourth-order valence-electron chi connectivity index (χ4n) is 1.74. The molecule has 0 radical (unpaired) electrons. The molecule has 0 aliphatic rings. The second kappa shape index (κ2) is 5.84. The Hall–Kier alpha value is -2.20. The number of nitrogens with two attached hydrogens (primary N) is 1. The number of nitrogens with zero attached hydrogens (tertiary/aromatic N) is 1. The van der Waals surface area contributed by atoms with Crippen molar-refractivity contribution in [3.05, 3.63) is 58.1 Å². The molecule has 20 heavy (non-hydrogen) atoms. The third-order valence-corrected chi connectivity index (χ3v) is 3.19. The molecule has 2 rings (SSSR count). The predicted octanol–water partition coefficient (Wildman–Crippen LogP) is 3.84. The van der Waals surface area contributed by atoms with E-state index in [-0.39, 0.29) is 5.84 Å². The van der Waals surface area contributed by atoms with Crippen molar-refractivity contribution >= 4 is 17.4 Å². The van der Waals surface area contributed by atoms with Gasteiger partial charge in [0.15, 0.2) is 5.84 Å². The van der Waals surface area contributed by atoms with Crippen molar-refractivity contribution in [2.45, 2.75) is 13.8 Å². The second-order valence-corrected chi connectivity index (χ2v) is 4.91. The van der Waals surface area contributed by atoms with Crippen LogP contribution < -0.4 is 10.5 Å². The normalized spacial score (nSPS) is 11.4. The van der Waals surface area contributed by atoms with Crippen molar-refractivity contribution < 1.29 is 9.94 Å². The van der Waals surface area contributed by atoms with Crippen LogP contribution in [-0.2, 0) is 0 Å². The Morgan fingerprint density at radius 1 is 1.15 bits per heavy atom. The Labute approximate surface area is 122 Å². The average Bonchev–Trinajstić information content (AvgIpc) is 2.44. The maximum atomic E-state index is 8.64. The summed E-state index contributed by atoms with van der Waals surface area (Å²) in [5.41, 5.74) is 8.17. The number of ether oxygens (including phenoxy) is 1. The zero-order chi connectivity index (χ0) is 14.7. The van der Waals surface area contributed by atoms with Crippen LogP contribution in [0.2, 0.25) is 5.02 Å². The Kier molecular flexibility index (Phi) is 4.15. The van der Waals surface area contributed by atoms with Crippen LogP contribution in [0.15, 0.2) is 41.6 Å². The van der Waals surface area contributed by atoms with Crippen molar-refractivity contribution in [1.29, 1.82) is 0 Å². The molecule has 0 spiro atoms. The third kappa shape index (κ3) is 3.03. The highest BCUT2D eigenvalue weighted by Gasteiger charge is 2.08. The van der Waals surface area contributed by atoms with E-state index in [1.54, 1.807) is 18.2 Å². The van der Waals surface area contributed by atoms with Gasteiger partial charge < -0.3 is 15.7 Å². The minimum Gasteiger partial charge on any atom is -0.456 e. The molecule has 0 aliphatic carbocycles. The van der Waals surface area contributed by atoms with Gasteiger partial charge in [-0.2, -0.15) is 0 Å². The fraction of sp³-hybridized carbons (Fsp3) is 0.133. The van der Waals surface area contributed by atoms with Crippen LogP contribution in [0.3, 0.4) is 0 Å². The van der Waals surface area contributed by atoms with Crippen LogP contribution in [-0.4, -0.2) is 11.0 Å². The largest absolute Gasteiger partial charge is 0.456 e. The van der Waals surface area contributed by atoms with Gasteiger partial charge in [0, 0.05) is 5.56 Å². The fourth-order valence-corrected chi connectivity index (χ4v) is 1.96. The number of hydrogen-bond donors (Lipinski definition) is 2. The second-order valence-electron chi connectivity index (χ2n) is 4.50. The van der Waals surface area contributed by atoms with Gasteiger partial charge in [-0.1, -0.05) is 28.9 Å². The van der Waals surface area contributed by atoms with Crippen molar-refractivity contribution in [3.8, 4) is 11.5 Å². The van der Waals surface area contributed by atoms with E-state index >= 15 is 0 Å². The van der Waals surface area contributed by atoms with Crippen molar-refractivity contribution in [1.82, 2.24) is 0 Å². The molecule has 4 nitrogen and oxygen atoms in total. The van der Waals surface area contributed by atoms with E-state index < -0.39 is 0 Å². The SMILES string of the molecule is Cc1ccc(C)c(Oc2ccc(C(N)=NO)cc2Cl)c1. The monoisotopic (exact) mass is 290 g/mol. The molecule has 0 saturated carbocycles. The molecule has 0 amide bonds. The van der Waals surface area contributed by atoms with Crippen LogP contribution in [0.5, 0.6) is 11.5 Å². The molecule has 2 aromatic rings. The topological polar surface area (TPSA) is 67.8 Å². The number of amidine groups is 1. The van der Waals surface area contributed by atoms with E-state index in [1.807, 2.05) is 32.0 Å². The first-order valence-electron chi connectivity index (χ1n) is 6.04. The summed E-state index contributed by atoms with van der Waals surface area (Å²) in [6.45, 7) is 3.96. The zero-order valence-corrected chi connectivity index (χ0v) is 12.0. The summed E-state index contributed by atoms with van der Waals surface area (Å²) in [5.74, 6) is 1.28. The highest BCUT2D eigenvalue weighted by molar-refractivity contribution is 6.32. The van der Waals surface area contributed by atoms with Gasteiger partial charge in [0.25, 0.3) is 0 Å². The molecular weight excluding hydrogens is 276 g/mol. The van der Waals surface area contributed by atoms with E-state index in [0.29, 0.717) is 16.3 Å². The molecule has 0 atom stereocenters. The number of benzene rings is 2. The Morgan fingerprint density at radius 2 is 1.90 bits per heavy atom. The van der Waals surface area contributed by atoms with E-state index in [4.69, 9.17) is 27.3 Å². The van der Waals surface area contributed by atoms with Gasteiger partial charge in [-0.3, -0.25) is 0 Å². The molecule has 0 heterocycles. The number of halogens is 1. The standard InChI is InChI=1S/C15H15ClN2O2/c1-9-3-4-10(2)14(7-9)20-13-6-5-11(8-12(13)16)15(17)18-19/h3-8,19H,1-2H3,(H2,17,18). The molecule has 0 aromatic heterocycles. The number of oxime groups is 1. The number of aryl methyl sites for hydroxylation is 2. The Bertz CT molecular complexity index is 669. The molecule has 0 unspecified atom stereocenters. The van der Waals surface area contributed by atoms with Crippen molar-refractivity contribution in [2.75, 3.05) is 0 Å². The van der Waals surface area contributed by atoms with Gasteiger partial charge in [0.1, 0.15) is 11.5 Å². The smallest absolute Gasteiger partial charge is 0.170 e. The van der Waals surface area contributed by atoms with Gasteiger partial charge in [-0.05, 0) is 49.2 Å². The summed E-state index contributed by atoms with van der Waals surface area (Å²) in [7, 11) is 0. The molecule has 0 aliphatic heterocycles. The third-order valence-electron chi connectivity index (χ3n) is 2.90. The van der Waals surface area contributed by atoms with E-state index in [1.165, 1.54) is 0 Å². The Balaban J connectivity index is 2.33. The minimum absolute atomic E-state index is 0.00480. The highest BCUT2D eigenvalue weighted by atomic mass is 35.5. The van der Waals surface area contributed by atoms with Gasteiger partial charge >= 0.3 is 0 Å². The molecule has 0 saturated heterocycles. The molecule has 104 valence electrons. The van der Waals surface area contributed by atoms with E-state index in [2.05, 4.69) is 5.16 Å². The number of rotatable bonds is 3. The van der Waals surface area contributed by atoms with Crippen LogP contribution >= 0.6 is 11.6 Å². The first kappa shape index (κ1) is 14.2. The summed E-state index contributed by atoms with van der Waals surface area (Å²) in [6, 6.07) is 10.9. The van der Waals surface area contributed by atoms with Gasteiger partial charge in [-0.15, -0.1) is 0 Å². The molecule has 0 fully saturated rings. The molecule has 2 aromatic carbocycles. The lowest BCUT2D eigenvalue weighted by molar-refractivity contribution is 0.318. The van der Waals surface area contributed by atoms with Crippen LogP contribution in [0.25, 0.3) is 0 Å². The summed E-state index contributed by atoms with van der Waals surface area (Å²) in [5, 5.41) is 12.0. The maximum absolute atomic E-state index is 8.64. The van der Waals surface area contributed by atoms with Crippen molar-refractivity contribution in [3.63, 3.8) is 0 Å². The molecule has 3 N–H and O–H groups in total. The summed E-state index contributed by atoms with van der Waals surface area (Å²) < 4.78 is 5.81. The molecule has 5 heteroatoms. The quantitative estimate of drug-likeness (QED) is 0.390. The lowest BCUT2D eigenvalue weighted by Crippen LogP contribution is -2.12. The summed E-state index contributed by atoms with van der Waals surface area (Å²) in [6.07, 6.45) is 0. The van der Waals surface area contributed by atoms with E-state index in [9.17, 15) is 0 Å². The lowest BCUT2D eigenvalue weighted by atomic mass is 10.1. The van der Waals surface area contributed by atoms with E-state index in [0.717, 1.165) is 16.9 Å². The summed E-state index contributed by atoms with van der Waals surface area (Å²) >= 11 is 6.16.